The molecule has 3 atom stereocenters. The van der Waals surface area contributed by atoms with E-state index in [1.165, 1.54) is 12.8 Å². The van der Waals surface area contributed by atoms with E-state index in [-0.39, 0.29) is 24.7 Å². The Balaban J connectivity index is 2.58. The summed E-state index contributed by atoms with van der Waals surface area (Å²) in [6, 6.07) is 0.181. The van der Waals surface area contributed by atoms with Crippen LogP contribution in [0.15, 0.2) is 0 Å². The molecule has 1 fully saturated rings. The Morgan fingerprint density at radius 1 is 1.44 bits per heavy atom. The van der Waals surface area contributed by atoms with Crippen LogP contribution in [0.2, 0.25) is 0 Å². The van der Waals surface area contributed by atoms with Crippen molar-refractivity contribution in [2.24, 2.45) is 11.3 Å². The van der Waals surface area contributed by atoms with Gasteiger partial charge in [-0.25, -0.2) is 0 Å². The number of likely N-dealkylation sites (N-methyl/N-ethyl adjacent to an activating group) is 1. The molecule has 0 aromatic carbocycles. The van der Waals surface area contributed by atoms with Gasteiger partial charge in [0, 0.05) is 24.6 Å². The van der Waals surface area contributed by atoms with Crippen LogP contribution in [0.3, 0.4) is 0 Å². The maximum atomic E-state index is 9.67. The molecule has 0 bridgehead atoms. The lowest BCUT2D eigenvalue weighted by atomic mass is 9.70. The molecule has 1 saturated carbocycles. The lowest BCUT2D eigenvalue weighted by Gasteiger charge is -2.42. The zero-order valence-electron chi connectivity index (χ0n) is 10.9. The predicted octanol–water partition coefficient (Wildman–Crippen LogP) is 1.49. The molecule has 0 aromatic rings. The Bertz CT molecular complexity index is 210. The van der Waals surface area contributed by atoms with Crippen molar-refractivity contribution in [1.29, 1.82) is 0 Å². The van der Waals surface area contributed by atoms with E-state index in [2.05, 4.69) is 11.8 Å². The first-order valence-electron chi connectivity index (χ1n) is 6.45. The first-order valence-corrected chi connectivity index (χ1v) is 6.45. The summed E-state index contributed by atoms with van der Waals surface area (Å²) in [6.07, 6.45) is 4.76. The van der Waals surface area contributed by atoms with Gasteiger partial charge in [0.25, 0.3) is 0 Å². The maximum Gasteiger partial charge on any atom is 0.0584 e. The zero-order chi connectivity index (χ0) is 12.2. The van der Waals surface area contributed by atoms with Gasteiger partial charge in [-0.05, 0) is 32.7 Å². The lowest BCUT2D eigenvalue weighted by Crippen LogP contribution is -2.45. The molecule has 0 radical (unpaired) electrons. The van der Waals surface area contributed by atoms with Gasteiger partial charge < -0.3 is 15.1 Å². The summed E-state index contributed by atoms with van der Waals surface area (Å²) in [5, 5.41) is 18.8. The van der Waals surface area contributed by atoms with E-state index in [9.17, 15) is 5.11 Å². The molecule has 96 valence electrons. The molecule has 1 rings (SSSR count). The second kappa shape index (κ2) is 5.99. The molecule has 1 aliphatic carbocycles. The summed E-state index contributed by atoms with van der Waals surface area (Å²) in [4.78, 5) is 2.17. The number of hydrogen-bond donors (Lipinski definition) is 2. The fourth-order valence-corrected chi connectivity index (χ4v) is 2.93. The van der Waals surface area contributed by atoms with Crippen molar-refractivity contribution >= 4 is 0 Å². The van der Waals surface area contributed by atoms with E-state index in [0.29, 0.717) is 0 Å². The molecular weight excluding hydrogens is 202 g/mol. The Hall–Kier alpha value is -0.120. The van der Waals surface area contributed by atoms with Crippen LogP contribution in [0.4, 0.5) is 0 Å². The summed E-state index contributed by atoms with van der Waals surface area (Å²) >= 11 is 0. The monoisotopic (exact) mass is 229 g/mol. The minimum absolute atomic E-state index is 0.0653. The van der Waals surface area contributed by atoms with Crippen LogP contribution >= 0.6 is 0 Å². The summed E-state index contributed by atoms with van der Waals surface area (Å²) in [7, 11) is 2.04. The molecule has 0 spiro atoms. The highest BCUT2D eigenvalue weighted by Crippen LogP contribution is 2.39. The van der Waals surface area contributed by atoms with Crippen molar-refractivity contribution in [2.45, 2.75) is 45.6 Å². The summed E-state index contributed by atoms with van der Waals surface area (Å²) in [5.41, 5.74) is 0.0653. The third-order valence-electron chi connectivity index (χ3n) is 4.12. The van der Waals surface area contributed by atoms with Crippen LogP contribution in [-0.4, -0.2) is 48.0 Å². The number of hydrogen-bond acceptors (Lipinski definition) is 3. The summed E-state index contributed by atoms with van der Waals surface area (Å²) < 4.78 is 0. The number of aliphatic hydroxyl groups excluding tert-OH is 2. The van der Waals surface area contributed by atoms with Gasteiger partial charge in [0.15, 0.2) is 0 Å². The second-order valence-electron chi connectivity index (χ2n) is 5.81. The molecule has 0 heterocycles. The highest BCUT2D eigenvalue weighted by atomic mass is 16.3. The second-order valence-corrected chi connectivity index (χ2v) is 5.81. The molecule has 0 aromatic heterocycles. The lowest BCUT2D eigenvalue weighted by molar-refractivity contribution is 0.0143. The predicted molar refractivity (Wildman–Crippen MR) is 66.3 cm³/mol. The fraction of sp³-hybridized carbons (Fsp3) is 1.00. The van der Waals surface area contributed by atoms with Crippen molar-refractivity contribution in [3.8, 4) is 0 Å². The van der Waals surface area contributed by atoms with Gasteiger partial charge in [0.1, 0.15) is 0 Å². The quantitative estimate of drug-likeness (QED) is 0.750. The van der Waals surface area contributed by atoms with E-state index < -0.39 is 0 Å². The molecule has 0 saturated heterocycles. The van der Waals surface area contributed by atoms with Crippen LogP contribution in [-0.2, 0) is 0 Å². The van der Waals surface area contributed by atoms with Gasteiger partial charge in [-0.15, -0.1) is 0 Å². The van der Waals surface area contributed by atoms with Gasteiger partial charge in [0.05, 0.1) is 6.61 Å². The highest BCUT2D eigenvalue weighted by molar-refractivity contribution is 4.88. The van der Waals surface area contributed by atoms with Gasteiger partial charge >= 0.3 is 0 Å². The number of nitrogens with zero attached hydrogens (tertiary/aromatic N) is 1. The Morgan fingerprint density at radius 3 is 2.62 bits per heavy atom. The van der Waals surface area contributed by atoms with Crippen LogP contribution in [0, 0.1) is 11.3 Å². The van der Waals surface area contributed by atoms with Crippen LogP contribution in [0.5, 0.6) is 0 Å². The third kappa shape index (κ3) is 3.44. The number of rotatable bonds is 5. The fourth-order valence-electron chi connectivity index (χ4n) is 2.93. The van der Waals surface area contributed by atoms with Crippen molar-refractivity contribution in [2.75, 3.05) is 26.8 Å². The van der Waals surface area contributed by atoms with Crippen LogP contribution in [0.1, 0.15) is 39.5 Å². The van der Waals surface area contributed by atoms with E-state index in [1.54, 1.807) is 0 Å². The van der Waals surface area contributed by atoms with Crippen LogP contribution in [0.25, 0.3) is 0 Å². The normalized spacial score (nSPS) is 33.0. The van der Waals surface area contributed by atoms with Crippen LogP contribution < -0.4 is 0 Å². The summed E-state index contributed by atoms with van der Waals surface area (Å²) in [6.45, 7) is 5.67. The molecule has 1 aliphatic rings. The standard InChI is InChI=1S/C13H27NO2/c1-11-5-4-6-13(7-11,10-16)9-14(3)12(2)8-15/h11-12,15-16H,4-10H2,1-3H3. The summed E-state index contributed by atoms with van der Waals surface area (Å²) in [5.74, 6) is 0.721. The smallest absolute Gasteiger partial charge is 0.0584 e. The average molecular weight is 229 g/mol. The van der Waals surface area contributed by atoms with E-state index >= 15 is 0 Å². The van der Waals surface area contributed by atoms with E-state index in [4.69, 9.17) is 5.11 Å². The first-order chi connectivity index (χ1) is 7.53. The minimum atomic E-state index is 0.0653. The van der Waals surface area contributed by atoms with Crippen molar-refractivity contribution < 1.29 is 10.2 Å². The van der Waals surface area contributed by atoms with Gasteiger partial charge in [-0.1, -0.05) is 19.8 Å². The molecule has 0 amide bonds. The third-order valence-corrected chi connectivity index (χ3v) is 4.12. The SMILES string of the molecule is CC1CCCC(CO)(CN(C)C(C)CO)C1. The Kier molecular flexibility index (Phi) is 5.22. The topological polar surface area (TPSA) is 43.7 Å². The van der Waals surface area contributed by atoms with Crippen molar-refractivity contribution in [1.82, 2.24) is 4.90 Å². The van der Waals surface area contributed by atoms with E-state index in [0.717, 1.165) is 25.3 Å². The zero-order valence-corrected chi connectivity index (χ0v) is 10.9. The minimum Gasteiger partial charge on any atom is -0.396 e. The maximum absolute atomic E-state index is 9.67. The first kappa shape index (κ1) is 13.9. The Labute approximate surface area is 99.5 Å². The van der Waals surface area contributed by atoms with Gasteiger partial charge in [-0.2, -0.15) is 0 Å². The molecule has 2 N–H and O–H groups in total. The van der Waals surface area contributed by atoms with Gasteiger partial charge in [-0.3, -0.25) is 0 Å². The molecule has 3 nitrogen and oxygen atoms in total. The molecule has 3 heteroatoms. The average Bonchev–Trinajstić information content (AvgIpc) is 2.27. The molecule has 3 unspecified atom stereocenters. The Morgan fingerprint density at radius 2 is 2.12 bits per heavy atom. The van der Waals surface area contributed by atoms with Crippen molar-refractivity contribution in [3.63, 3.8) is 0 Å². The van der Waals surface area contributed by atoms with Gasteiger partial charge in [0.2, 0.25) is 0 Å². The van der Waals surface area contributed by atoms with Crippen molar-refractivity contribution in [3.05, 3.63) is 0 Å². The number of aliphatic hydroxyl groups is 2. The van der Waals surface area contributed by atoms with E-state index in [1.807, 2.05) is 14.0 Å². The largest absolute Gasteiger partial charge is 0.396 e. The molecular formula is C13H27NO2. The molecule has 0 aliphatic heterocycles. The molecule has 16 heavy (non-hydrogen) atoms. The highest BCUT2D eigenvalue weighted by Gasteiger charge is 2.35.